The molecule has 2 aromatic rings. The topological polar surface area (TPSA) is 44.5 Å². The number of ether oxygens (including phenoxy) is 2. The molecule has 0 spiro atoms. The molecule has 0 bridgehead atoms. The first-order chi connectivity index (χ1) is 9.15. The lowest BCUT2D eigenvalue weighted by Crippen LogP contribution is -2.00. The standard InChI is InChI=1S/C14H16ClNO2S/c1-3-17-11-7-9(13-5-6-14(15)19-13)10(16)8-12(11)18-4-2/h5-8H,3-4,16H2,1-2H3. The van der Waals surface area contributed by atoms with E-state index in [9.17, 15) is 0 Å². The van der Waals surface area contributed by atoms with Crippen LogP contribution in [0, 0.1) is 0 Å². The fourth-order valence-corrected chi connectivity index (χ4v) is 2.87. The van der Waals surface area contributed by atoms with Gasteiger partial charge < -0.3 is 15.2 Å². The maximum Gasteiger partial charge on any atom is 0.163 e. The van der Waals surface area contributed by atoms with Gasteiger partial charge in [-0.2, -0.15) is 0 Å². The molecule has 0 aliphatic carbocycles. The van der Waals surface area contributed by atoms with Gasteiger partial charge in [0.15, 0.2) is 11.5 Å². The first-order valence-electron chi connectivity index (χ1n) is 6.10. The Morgan fingerprint density at radius 3 is 2.26 bits per heavy atom. The molecule has 1 aromatic heterocycles. The van der Waals surface area contributed by atoms with Crippen LogP contribution in [0.4, 0.5) is 5.69 Å². The average molecular weight is 298 g/mol. The molecule has 0 aliphatic heterocycles. The quantitative estimate of drug-likeness (QED) is 0.829. The van der Waals surface area contributed by atoms with E-state index >= 15 is 0 Å². The van der Waals surface area contributed by atoms with E-state index in [1.807, 2.05) is 32.0 Å². The molecule has 3 nitrogen and oxygen atoms in total. The summed E-state index contributed by atoms with van der Waals surface area (Å²) in [5.74, 6) is 1.38. The summed E-state index contributed by atoms with van der Waals surface area (Å²) in [5.41, 5.74) is 7.66. The number of benzene rings is 1. The van der Waals surface area contributed by atoms with Crippen LogP contribution in [0.2, 0.25) is 4.34 Å². The molecule has 0 atom stereocenters. The SMILES string of the molecule is CCOc1cc(N)c(-c2ccc(Cl)s2)cc1OCC. The lowest BCUT2D eigenvalue weighted by molar-refractivity contribution is 0.288. The van der Waals surface area contributed by atoms with Crippen LogP contribution in [-0.4, -0.2) is 13.2 Å². The minimum absolute atomic E-state index is 0.573. The van der Waals surface area contributed by atoms with Crippen molar-refractivity contribution in [3.05, 3.63) is 28.6 Å². The highest BCUT2D eigenvalue weighted by Gasteiger charge is 2.13. The van der Waals surface area contributed by atoms with Crippen LogP contribution in [-0.2, 0) is 0 Å². The summed E-state index contributed by atoms with van der Waals surface area (Å²) in [6.45, 7) is 5.02. The largest absolute Gasteiger partial charge is 0.490 e. The van der Waals surface area contributed by atoms with E-state index in [-0.39, 0.29) is 0 Å². The van der Waals surface area contributed by atoms with Crippen LogP contribution < -0.4 is 15.2 Å². The molecule has 0 unspecified atom stereocenters. The van der Waals surface area contributed by atoms with Gasteiger partial charge in [-0.3, -0.25) is 0 Å². The number of rotatable bonds is 5. The van der Waals surface area contributed by atoms with Gasteiger partial charge in [-0.25, -0.2) is 0 Å². The maximum atomic E-state index is 6.09. The summed E-state index contributed by atoms with van der Waals surface area (Å²) in [5, 5.41) is 0. The van der Waals surface area contributed by atoms with Crippen molar-refractivity contribution in [2.24, 2.45) is 0 Å². The van der Waals surface area contributed by atoms with E-state index in [0.29, 0.717) is 30.4 Å². The normalized spacial score (nSPS) is 10.5. The van der Waals surface area contributed by atoms with Crippen molar-refractivity contribution in [1.82, 2.24) is 0 Å². The molecular weight excluding hydrogens is 282 g/mol. The molecule has 0 aliphatic rings. The molecule has 0 saturated heterocycles. The Morgan fingerprint density at radius 1 is 1.11 bits per heavy atom. The number of nitrogens with two attached hydrogens (primary N) is 1. The second-order valence-electron chi connectivity index (χ2n) is 3.86. The summed E-state index contributed by atoms with van der Waals surface area (Å²) in [7, 11) is 0. The minimum Gasteiger partial charge on any atom is -0.490 e. The maximum absolute atomic E-state index is 6.09. The Balaban J connectivity index is 2.47. The Morgan fingerprint density at radius 2 is 1.74 bits per heavy atom. The molecule has 0 saturated carbocycles. The zero-order valence-corrected chi connectivity index (χ0v) is 12.5. The molecular formula is C14H16ClNO2S. The number of hydrogen-bond acceptors (Lipinski definition) is 4. The third-order valence-corrected chi connectivity index (χ3v) is 3.82. The van der Waals surface area contributed by atoms with Gasteiger partial charge >= 0.3 is 0 Å². The highest BCUT2D eigenvalue weighted by molar-refractivity contribution is 7.19. The highest BCUT2D eigenvalue weighted by atomic mass is 35.5. The number of thiophene rings is 1. The van der Waals surface area contributed by atoms with Crippen molar-refractivity contribution in [2.75, 3.05) is 18.9 Å². The number of hydrogen-bond donors (Lipinski definition) is 1. The molecule has 0 radical (unpaired) electrons. The van der Waals surface area contributed by atoms with Gasteiger partial charge in [0.25, 0.3) is 0 Å². The van der Waals surface area contributed by atoms with Crippen LogP contribution in [0.5, 0.6) is 11.5 Å². The Kier molecular flexibility index (Phi) is 4.56. The monoisotopic (exact) mass is 297 g/mol. The predicted molar refractivity (Wildman–Crippen MR) is 81.5 cm³/mol. The first-order valence-corrected chi connectivity index (χ1v) is 7.30. The summed E-state index contributed by atoms with van der Waals surface area (Å²) < 4.78 is 11.9. The second kappa shape index (κ2) is 6.17. The molecule has 19 heavy (non-hydrogen) atoms. The van der Waals surface area contributed by atoms with Crippen molar-refractivity contribution in [3.63, 3.8) is 0 Å². The fraction of sp³-hybridized carbons (Fsp3) is 0.286. The van der Waals surface area contributed by atoms with E-state index in [0.717, 1.165) is 14.8 Å². The molecule has 1 aromatic carbocycles. The van der Waals surface area contributed by atoms with Crippen molar-refractivity contribution >= 4 is 28.6 Å². The molecule has 2 N–H and O–H groups in total. The molecule has 2 rings (SSSR count). The van der Waals surface area contributed by atoms with Crippen molar-refractivity contribution in [2.45, 2.75) is 13.8 Å². The summed E-state index contributed by atoms with van der Waals surface area (Å²) in [6, 6.07) is 7.52. The summed E-state index contributed by atoms with van der Waals surface area (Å²) >= 11 is 7.46. The van der Waals surface area contributed by atoms with Crippen LogP contribution in [0.25, 0.3) is 10.4 Å². The van der Waals surface area contributed by atoms with Gasteiger partial charge in [0.2, 0.25) is 0 Å². The third-order valence-electron chi connectivity index (χ3n) is 2.55. The molecule has 0 fully saturated rings. The van der Waals surface area contributed by atoms with Gasteiger partial charge in [-0.1, -0.05) is 11.6 Å². The number of nitrogen functional groups attached to an aromatic ring is 1. The summed E-state index contributed by atoms with van der Waals surface area (Å²) in [4.78, 5) is 1.02. The second-order valence-corrected chi connectivity index (χ2v) is 5.57. The smallest absolute Gasteiger partial charge is 0.163 e. The average Bonchev–Trinajstić information content (AvgIpc) is 2.79. The molecule has 5 heteroatoms. The van der Waals surface area contributed by atoms with Crippen molar-refractivity contribution in [3.8, 4) is 21.9 Å². The van der Waals surface area contributed by atoms with Gasteiger partial charge in [0.05, 0.1) is 17.6 Å². The Hall–Kier alpha value is -1.39. The predicted octanol–water partition coefficient (Wildman–Crippen LogP) is 4.45. The van der Waals surface area contributed by atoms with Crippen LogP contribution in [0.1, 0.15) is 13.8 Å². The Labute approximate surface area is 121 Å². The van der Waals surface area contributed by atoms with Crippen molar-refractivity contribution in [1.29, 1.82) is 0 Å². The van der Waals surface area contributed by atoms with Crippen LogP contribution >= 0.6 is 22.9 Å². The van der Waals surface area contributed by atoms with Gasteiger partial charge in [-0.15, -0.1) is 11.3 Å². The van der Waals surface area contributed by atoms with Gasteiger partial charge in [0.1, 0.15) is 0 Å². The zero-order valence-electron chi connectivity index (χ0n) is 10.9. The first kappa shape index (κ1) is 14.0. The lowest BCUT2D eigenvalue weighted by Gasteiger charge is -2.14. The minimum atomic E-state index is 0.573. The van der Waals surface area contributed by atoms with E-state index in [2.05, 4.69) is 0 Å². The highest BCUT2D eigenvalue weighted by Crippen LogP contribution is 2.40. The van der Waals surface area contributed by atoms with Crippen LogP contribution in [0.3, 0.4) is 0 Å². The number of halogens is 1. The van der Waals surface area contributed by atoms with E-state index in [1.54, 1.807) is 6.07 Å². The van der Waals surface area contributed by atoms with Gasteiger partial charge in [-0.05, 0) is 32.0 Å². The molecule has 0 amide bonds. The van der Waals surface area contributed by atoms with Crippen LogP contribution in [0.15, 0.2) is 24.3 Å². The summed E-state index contributed by atoms with van der Waals surface area (Å²) in [6.07, 6.45) is 0. The molecule has 102 valence electrons. The zero-order chi connectivity index (χ0) is 13.8. The third kappa shape index (κ3) is 3.14. The fourth-order valence-electron chi connectivity index (χ4n) is 1.78. The van der Waals surface area contributed by atoms with E-state index < -0.39 is 0 Å². The lowest BCUT2D eigenvalue weighted by atomic mass is 10.1. The van der Waals surface area contributed by atoms with Gasteiger partial charge in [0, 0.05) is 22.2 Å². The molecule has 1 heterocycles. The van der Waals surface area contributed by atoms with E-state index in [4.69, 9.17) is 26.8 Å². The number of anilines is 1. The van der Waals surface area contributed by atoms with E-state index in [1.165, 1.54) is 11.3 Å². The Bertz CT molecular complexity index is 569. The van der Waals surface area contributed by atoms with Crippen molar-refractivity contribution < 1.29 is 9.47 Å².